The largest absolute Gasteiger partial charge is 0.355 e. The molecule has 0 aliphatic rings. The molecule has 0 aliphatic carbocycles. The minimum atomic E-state index is -3.68. The van der Waals surface area contributed by atoms with E-state index in [1.54, 1.807) is 33.8 Å². The van der Waals surface area contributed by atoms with Crippen molar-refractivity contribution in [2.75, 3.05) is 26.7 Å². The summed E-state index contributed by atoms with van der Waals surface area (Å²) in [4.78, 5) is 25.8. The Morgan fingerprint density at radius 3 is 2.36 bits per heavy atom. The Bertz CT molecular complexity index is 716. The van der Waals surface area contributed by atoms with Crippen molar-refractivity contribution in [3.8, 4) is 0 Å². The number of carbonyl (C=O) groups is 2. The molecule has 0 spiro atoms. The molecule has 1 rings (SSSR count). The van der Waals surface area contributed by atoms with Crippen molar-refractivity contribution in [3.05, 3.63) is 29.8 Å². The number of carbonyl (C=O) groups excluding carboxylic acids is 2. The molecule has 0 fully saturated rings. The molecule has 0 heterocycles. The SMILES string of the molecule is CCNC(=O)CN(CC)C(=O)c1cccc(S(=O)(=O)N(C)C(C)C)c1. The number of likely N-dealkylation sites (N-methyl/N-ethyl adjacent to an activating group) is 2. The first-order valence-corrected chi connectivity index (χ1v) is 9.73. The molecule has 0 bridgehead atoms. The Hall–Kier alpha value is -1.93. The van der Waals surface area contributed by atoms with Crippen LogP contribution in [0, 0.1) is 0 Å². The van der Waals surface area contributed by atoms with Gasteiger partial charge in [-0.05, 0) is 45.9 Å². The van der Waals surface area contributed by atoms with Crippen LogP contribution in [0.3, 0.4) is 0 Å². The van der Waals surface area contributed by atoms with Gasteiger partial charge in [0.05, 0.1) is 11.4 Å². The number of hydrogen-bond acceptors (Lipinski definition) is 4. The summed E-state index contributed by atoms with van der Waals surface area (Å²) in [6, 6.07) is 5.71. The molecule has 0 aromatic heterocycles. The van der Waals surface area contributed by atoms with Crippen LogP contribution in [0.15, 0.2) is 29.2 Å². The topological polar surface area (TPSA) is 86.8 Å². The zero-order valence-corrected chi connectivity index (χ0v) is 16.3. The molecule has 8 heteroatoms. The molecule has 0 atom stereocenters. The summed E-state index contributed by atoms with van der Waals surface area (Å²) in [6.45, 7) is 7.89. The van der Waals surface area contributed by atoms with E-state index >= 15 is 0 Å². The summed E-state index contributed by atoms with van der Waals surface area (Å²) < 4.78 is 26.4. The summed E-state index contributed by atoms with van der Waals surface area (Å²) >= 11 is 0. The molecule has 1 aromatic carbocycles. The van der Waals surface area contributed by atoms with E-state index in [0.29, 0.717) is 13.1 Å². The maximum Gasteiger partial charge on any atom is 0.254 e. The lowest BCUT2D eigenvalue weighted by molar-refractivity contribution is -0.121. The molecular formula is C17H27N3O4S. The maximum absolute atomic E-state index is 12.6. The second kappa shape index (κ2) is 8.96. The molecule has 25 heavy (non-hydrogen) atoms. The van der Waals surface area contributed by atoms with Crippen LogP contribution in [-0.2, 0) is 14.8 Å². The van der Waals surface area contributed by atoms with Crippen molar-refractivity contribution in [3.63, 3.8) is 0 Å². The second-order valence-electron chi connectivity index (χ2n) is 5.92. The summed E-state index contributed by atoms with van der Waals surface area (Å²) in [5, 5.41) is 2.64. The summed E-state index contributed by atoms with van der Waals surface area (Å²) in [5.74, 6) is -0.626. The van der Waals surface area contributed by atoms with Gasteiger partial charge in [0.2, 0.25) is 15.9 Å². The van der Waals surface area contributed by atoms with Gasteiger partial charge in [0.1, 0.15) is 0 Å². The quantitative estimate of drug-likeness (QED) is 0.749. The number of nitrogens with zero attached hydrogens (tertiary/aromatic N) is 2. The highest BCUT2D eigenvalue weighted by Gasteiger charge is 2.25. The van der Waals surface area contributed by atoms with E-state index in [1.165, 1.54) is 34.5 Å². The molecule has 1 aromatic rings. The third-order valence-electron chi connectivity index (χ3n) is 3.86. The fourth-order valence-electron chi connectivity index (χ4n) is 2.17. The third-order valence-corrected chi connectivity index (χ3v) is 5.89. The molecule has 1 N–H and O–H groups in total. The highest BCUT2D eigenvalue weighted by atomic mass is 32.2. The molecule has 0 radical (unpaired) electrons. The monoisotopic (exact) mass is 369 g/mol. The molecule has 0 saturated carbocycles. The highest BCUT2D eigenvalue weighted by Crippen LogP contribution is 2.18. The van der Waals surface area contributed by atoms with Crippen LogP contribution in [0.4, 0.5) is 0 Å². The van der Waals surface area contributed by atoms with Gasteiger partial charge in [0.25, 0.3) is 5.91 Å². The van der Waals surface area contributed by atoms with Gasteiger partial charge in [-0.2, -0.15) is 4.31 Å². The van der Waals surface area contributed by atoms with Crippen LogP contribution < -0.4 is 5.32 Å². The second-order valence-corrected chi connectivity index (χ2v) is 7.91. The number of amides is 2. The predicted octanol–water partition coefficient (Wildman–Crippen LogP) is 1.31. The number of benzene rings is 1. The minimum absolute atomic E-state index is 0.0589. The van der Waals surface area contributed by atoms with E-state index in [0.717, 1.165) is 0 Å². The van der Waals surface area contributed by atoms with E-state index in [-0.39, 0.29) is 34.9 Å². The minimum Gasteiger partial charge on any atom is -0.355 e. The predicted molar refractivity (Wildman–Crippen MR) is 96.8 cm³/mol. The van der Waals surface area contributed by atoms with Gasteiger partial charge in [-0.3, -0.25) is 9.59 Å². The van der Waals surface area contributed by atoms with Crippen LogP contribution in [0.5, 0.6) is 0 Å². The Kier molecular flexibility index (Phi) is 7.57. The van der Waals surface area contributed by atoms with Gasteiger partial charge in [-0.15, -0.1) is 0 Å². The van der Waals surface area contributed by atoms with E-state index in [9.17, 15) is 18.0 Å². The zero-order chi connectivity index (χ0) is 19.2. The fourth-order valence-corrected chi connectivity index (χ4v) is 3.58. The van der Waals surface area contributed by atoms with E-state index < -0.39 is 10.0 Å². The van der Waals surface area contributed by atoms with Gasteiger partial charge in [-0.1, -0.05) is 6.07 Å². The Morgan fingerprint density at radius 2 is 1.84 bits per heavy atom. The molecule has 2 amide bonds. The van der Waals surface area contributed by atoms with Gasteiger partial charge in [0, 0.05) is 31.7 Å². The highest BCUT2D eigenvalue weighted by molar-refractivity contribution is 7.89. The Morgan fingerprint density at radius 1 is 1.20 bits per heavy atom. The maximum atomic E-state index is 12.6. The first kappa shape index (κ1) is 21.1. The van der Waals surface area contributed by atoms with Crippen LogP contribution in [0.1, 0.15) is 38.1 Å². The summed E-state index contributed by atoms with van der Waals surface area (Å²) in [6.07, 6.45) is 0. The van der Waals surface area contributed by atoms with E-state index in [1.807, 2.05) is 0 Å². The summed E-state index contributed by atoms with van der Waals surface area (Å²) in [7, 11) is -2.17. The Labute approximate surface area is 150 Å². The lowest BCUT2D eigenvalue weighted by Crippen LogP contribution is -2.40. The van der Waals surface area contributed by atoms with Crippen LogP contribution in [0.25, 0.3) is 0 Å². The molecule has 0 unspecified atom stereocenters. The smallest absolute Gasteiger partial charge is 0.254 e. The van der Waals surface area contributed by atoms with Crippen molar-refractivity contribution >= 4 is 21.8 Å². The Balaban J connectivity index is 3.11. The van der Waals surface area contributed by atoms with Crippen LogP contribution >= 0.6 is 0 Å². The number of sulfonamides is 1. The molecule has 0 aliphatic heterocycles. The lowest BCUT2D eigenvalue weighted by Gasteiger charge is -2.22. The number of nitrogens with one attached hydrogen (secondary N) is 1. The first-order chi connectivity index (χ1) is 11.6. The van der Waals surface area contributed by atoms with Crippen molar-refractivity contribution in [2.45, 2.75) is 38.6 Å². The standard InChI is InChI=1S/C17H27N3O4S/c1-6-18-16(21)12-20(7-2)17(22)14-9-8-10-15(11-14)25(23,24)19(5)13(3)4/h8-11,13H,6-7,12H2,1-5H3,(H,18,21). The van der Waals surface area contributed by atoms with Crippen LogP contribution in [-0.4, -0.2) is 62.2 Å². The van der Waals surface area contributed by atoms with Gasteiger partial charge >= 0.3 is 0 Å². The average molecular weight is 369 g/mol. The number of hydrogen-bond donors (Lipinski definition) is 1. The number of rotatable bonds is 8. The molecule has 7 nitrogen and oxygen atoms in total. The third kappa shape index (κ3) is 5.27. The van der Waals surface area contributed by atoms with Crippen molar-refractivity contribution < 1.29 is 18.0 Å². The van der Waals surface area contributed by atoms with Gasteiger partial charge < -0.3 is 10.2 Å². The van der Waals surface area contributed by atoms with Crippen molar-refractivity contribution in [1.82, 2.24) is 14.5 Å². The molecule has 0 saturated heterocycles. The van der Waals surface area contributed by atoms with E-state index in [4.69, 9.17) is 0 Å². The normalized spacial score (nSPS) is 11.6. The average Bonchev–Trinajstić information content (AvgIpc) is 2.58. The lowest BCUT2D eigenvalue weighted by atomic mass is 10.2. The molecule has 140 valence electrons. The van der Waals surface area contributed by atoms with Gasteiger partial charge in [0.15, 0.2) is 0 Å². The molecular weight excluding hydrogens is 342 g/mol. The van der Waals surface area contributed by atoms with Crippen LogP contribution in [0.2, 0.25) is 0 Å². The van der Waals surface area contributed by atoms with Crippen molar-refractivity contribution in [1.29, 1.82) is 0 Å². The first-order valence-electron chi connectivity index (χ1n) is 8.29. The van der Waals surface area contributed by atoms with E-state index in [2.05, 4.69) is 5.32 Å². The zero-order valence-electron chi connectivity index (χ0n) is 15.4. The summed E-state index contributed by atoms with van der Waals surface area (Å²) in [5.41, 5.74) is 0.240. The van der Waals surface area contributed by atoms with Gasteiger partial charge in [-0.25, -0.2) is 8.42 Å². The fraction of sp³-hybridized carbons (Fsp3) is 0.529. The van der Waals surface area contributed by atoms with Crippen molar-refractivity contribution in [2.24, 2.45) is 0 Å².